The summed E-state index contributed by atoms with van der Waals surface area (Å²) < 4.78 is 0. The maximum atomic E-state index is 12.7. The number of nitrogens with zero attached hydrogens (tertiary/aromatic N) is 3. The molecule has 0 aliphatic heterocycles. The third-order valence-corrected chi connectivity index (χ3v) is 4.08. The molecule has 1 N–H and O–H groups in total. The van der Waals surface area contributed by atoms with E-state index in [4.69, 9.17) is 0 Å². The molecule has 1 aromatic heterocycles. The van der Waals surface area contributed by atoms with Crippen molar-refractivity contribution in [2.45, 2.75) is 31.7 Å². The van der Waals surface area contributed by atoms with Crippen LogP contribution in [0.15, 0.2) is 30.6 Å². The predicted octanol–water partition coefficient (Wildman–Crippen LogP) is 2.01. The molecule has 0 unspecified atom stereocenters. The summed E-state index contributed by atoms with van der Waals surface area (Å²) >= 11 is 0. The van der Waals surface area contributed by atoms with E-state index in [1.807, 2.05) is 11.0 Å². The van der Waals surface area contributed by atoms with Crippen molar-refractivity contribution in [3.8, 4) is 0 Å². The van der Waals surface area contributed by atoms with E-state index in [9.17, 15) is 9.90 Å². The fourth-order valence-corrected chi connectivity index (χ4v) is 3.04. The van der Waals surface area contributed by atoms with Crippen LogP contribution in [0.4, 0.5) is 0 Å². The van der Waals surface area contributed by atoms with Gasteiger partial charge in [0.25, 0.3) is 5.91 Å². The second-order valence-electron chi connectivity index (χ2n) is 5.42. The number of aliphatic hydroxyl groups is 1. The van der Waals surface area contributed by atoms with Crippen LogP contribution in [-0.4, -0.2) is 45.1 Å². The number of amides is 1. The van der Waals surface area contributed by atoms with E-state index in [2.05, 4.69) is 9.97 Å². The number of fused-ring (bicyclic) bond motifs is 1. The number of hydrogen-bond acceptors (Lipinski definition) is 4. The van der Waals surface area contributed by atoms with Gasteiger partial charge in [-0.25, -0.2) is 0 Å². The van der Waals surface area contributed by atoms with Crippen molar-refractivity contribution < 1.29 is 9.90 Å². The van der Waals surface area contributed by atoms with Crippen molar-refractivity contribution in [3.05, 3.63) is 36.2 Å². The quantitative estimate of drug-likeness (QED) is 0.933. The molecule has 1 aliphatic rings. The van der Waals surface area contributed by atoms with Crippen LogP contribution in [0, 0.1) is 0 Å². The zero-order valence-corrected chi connectivity index (χ0v) is 11.9. The van der Waals surface area contributed by atoms with Crippen LogP contribution in [0.3, 0.4) is 0 Å². The Kier molecular flexibility index (Phi) is 4.10. The zero-order chi connectivity index (χ0) is 14.7. The molecule has 5 heteroatoms. The normalized spacial score (nSPS) is 15.5. The molecular formula is C16H19N3O2. The Hall–Kier alpha value is -2.01. The summed E-state index contributed by atoms with van der Waals surface area (Å²) in [4.78, 5) is 23.0. The van der Waals surface area contributed by atoms with E-state index in [1.54, 1.807) is 24.5 Å². The first-order valence-corrected chi connectivity index (χ1v) is 7.42. The summed E-state index contributed by atoms with van der Waals surface area (Å²) in [6.07, 6.45) is 7.63. The van der Waals surface area contributed by atoms with E-state index in [0.29, 0.717) is 12.1 Å². The standard InChI is InChI=1S/C16H19N3O2/c20-10-9-19(13-3-1-2-4-13)16(21)12-5-6-14-15(11-12)18-8-7-17-14/h5-8,11,13,20H,1-4,9-10H2. The Morgan fingerprint density at radius 1 is 1.19 bits per heavy atom. The van der Waals surface area contributed by atoms with Gasteiger partial charge in [-0.1, -0.05) is 12.8 Å². The lowest BCUT2D eigenvalue weighted by atomic mass is 10.1. The molecule has 5 nitrogen and oxygen atoms in total. The predicted molar refractivity (Wildman–Crippen MR) is 79.9 cm³/mol. The van der Waals surface area contributed by atoms with Crippen LogP contribution in [0.5, 0.6) is 0 Å². The van der Waals surface area contributed by atoms with Gasteiger partial charge in [0, 0.05) is 30.5 Å². The summed E-state index contributed by atoms with van der Waals surface area (Å²) in [6.45, 7) is 0.387. The molecule has 1 fully saturated rings. The molecule has 0 atom stereocenters. The van der Waals surface area contributed by atoms with Crippen LogP contribution in [0.1, 0.15) is 36.0 Å². The molecule has 1 amide bonds. The van der Waals surface area contributed by atoms with E-state index < -0.39 is 0 Å². The first-order valence-electron chi connectivity index (χ1n) is 7.42. The number of hydrogen-bond donors (Lipinski definition) is 1. The molecule has 0 spiro atoms. The Balaban J connectivity index is 1.89. The van der Waals surface area contributed by atoms with Crippen molar-refractivity contribution in [2.24, 2.45) is 0 Å². The van der Waals surface area contributed by atoms with Crippen LogP contribution < -0.4 is 0 Å². The third-order valence-electron chi connectivity index (χ3n) is 4.08. The lowest BCUT2D eigenvalue weighted by Crippen LogP contribution is -2.40. The van der Waals surface area contributed by atoms with Gasteiger partial charge in [-0.15, -0.1) is 0 Å². The van der Waals surface area contributed by atoms with E-state index >= 15 is 0 Å². The molecule has 0 saturated heterocycles. The van der Waals surface area contributed by atoms with Gasteiger partial charge >= 0.3 is 0 Å². The van der Waals surface area contributed by atoms with Crippen molar-refractivity contribution in [2.75, 3.05) is 13.2 Å². The summed E-state index contributed by atoms with van der Waals surface area (Å²) in [5.74, 6) is -0.0245. The zero-order valence-electron chi connectivity index (χ0n) is 11.9. The van der Waals surface area contributed by atoms with E-state index in [0.717, 1.165) is 36.7 Å². The molecule has 21 heavy (non-hydrogen) atoms. The highest BCUT2D eigenvalue weighted by Gasteiger charge is 2.27. The van der Waals surface area contributed by atoms with Crippen molar-refractivity contribution in [1.29, 1.82) is 0 Å². The van der Waals surface area contributed by atoms with E-state index in [-0.39, 0.29) is 18.6 Å². The van der Waals surface area contributed by atoms with Gasteiger partial charge in [0.2, 0.25) is 0 Å². The van der Waals surface area contributed by atoms with Gasteiger partial charge in [-0.3, -0.25) is 14.8 Å². The number of rotatable bonds is 4. The second-order valence-corrected chi connectivity index (χ2v) is 5.42. The van der Waals surface area contributed by atoms with Crippen molar-refractivity contribution in [1.82, 2.24) is 14.9 Å². The number of carbonyl (C=O) groups excluding carboxylic acids is 1. The lowest BCUT2D eigenvalue weighted by Gasteiger charge is -2.28. The monoisotopic (exact) mass is 285 g/mol. The number of aromatic nitrogens is 2. The third kappa shape index (κ3) is 2.88. The first-order chi connectivity index (χ1) is 10.3. The molecule has 1 aliphatic carbocycles. The van der Waals surface area contributed by atoms with Gasteiger partial charge in [0.1, 0.15) is 0 Å². The largest absolute Gasteiger partial charge is 0.395 e. The van der Waals surface area contributed by atoms with Crippen LogP contribution in [0.25, 0.3) is 11.0 Å². The molecule has 3 rings (SSSR count). The average molecular weight is 285 g/mol. The summed E-state index contributed by atoms with van der Waals surface area (Å²) in [6, 6.07) is 5.64. The van der Waals surface area contributed by atoms with Gasteiger partial charge in [0.05, 0.1) is 17.6 Å². The maximum absolute atomic E-state index is 12.7. The average Bonchev–Trinajstić information content (AvgIpc) is 3.05. The van der Waals surface area contributed by atoms with E-state index in [1.165, 1.54) is 0 Å². The molecular weight excluding hydrogens is 266 g/mol. The number of benzene rings is 1. The summed E-state index contributed by atoms with van der Waals surface area (Å²) in [7, 11) is 0. The van der Waals surface area contributed by atoms with Crippen LogP contribution in [0.2, 0.25) is 0 Å². The molecule has 0 bridgehead atoms. The topological polar surface area (TPSA) is 66.3 Å². The van der Waals surface area contributed by atoms with Crippen molar-refractivity contribution >= 4 is 16.9 Å². The summed E-state index contributed by atoms with van der Waals surface area (Å²) in [5, 5.41) is 9.25. The fraction of sp³-hybridized carbons (Fsp3) is 0.438. The molecule has 2 aromatic rings. The Bertz CT molecular complexity index is 638. The lowest BCUT2D eigenvalue weighted by molar-refractivity contribution is 0.0638. The number of carbonyl (C=O) groups is 1. The van der Waals surface area contributed by atoms with Crippen molar-refractivity contribution in [3.63, 3.8) is 0 Å². The highest BCUT2D eigenvalue weighted by molar-refractivity contribution is 5.97. The molecule has 1 aromatic carbocycles. The maximum Gasteiger partial charge on any atom is 0.254 e. The highest BCUT2D eigenvalue weighted by atomic mass is 16.3. The molecule has 1 heterocycles. The smallest absolute Gasteiger partial charge is 0.254 e. The minimum Gasteiger partial charge on any atom is -0.395 e. The molecule has 1 saturated carbocycles. The fourth-order valence-electron chi connectivity index (χ4n) is 3.04. The second kappa shape index (κ2) is 6.18. The van der Waals surface area contributed by atoms with Crippen LogP contribution >= 0.6 is 0 Å². The molecule has 110 valence electrons. The van der Waals surface area contributed by atoms with Gasteiger partial charge in [-0.05, 0) is 31.0 Å². The highest BCUT2D eigenvalue weighted by Crippen LogP contribution is 2.25. The minimum atomic E-state index is -0.0245. The molecule has 0 radical (unpaired) electrons. The summed E-state index contributed by atoms with van der Waals surface area (Å²) in [5.41, 5.74) is 2.12. The Morgan fingerprint density at radius 2 is 1.90 bits per heavy atom. The van der Waals surface area contributed by atoms with Crippen LogP contribution in [-0.2, 0) is 0 Å². The van der Waals surface area contributed by atoms with Gasteiger partial charge < -0.3 is 10.0 Å². The minimum absolute atomic E-state index is 0.00434. The number of aliphatic hydroxyl groups excluding tert-OH is 1. The Morgan fingerprint density at radius 3 is 2.62 bits per heavy atom. The first kappa shape index (κ1) is 13.9. The SMILES string of the molecule is O=C(c1ccc2nccnc2c1)N(CCO)C1CCCC1. The van der Waals surface area contributed by atoms with Gasteiger partial charge in [-0.2, -0.15) is 0 Å². The Labute approximate surface area is 123 Å². The van der Waals surface area contributed by atoms with Gasteiger partial charge in [0.15, 0.2) is 0 Å².